The number of anilines is 1. The number of halogens is 1. The summed E-state index contributed by atoms with van der Waals surface area (Å²) in [5.41, 5.74) is 3.28. The fourth-order valence-corrected chi connectivity index (χ4v) is 2.72. The maximum Gasteiger partial charge on any atom is 0.123 e. The van der Waals surface area contributed by atoms with Gasteiger partial charge in [-0.3, -0.25) is 0 Å². The van der Waals surface area contributed by atoms with Gasteiger partial charge in [0.15, 0.2) is 0 Å². The zero-order valence-corrected chi connectivity index (χ0v) is 12.8. The summed E-state index contributed by atoms with van der Waals surface area (Å²) < 4.78 is 13.4. The molecule has 1 heterocycles. The van der Waals surface area contributed by atoms with E-state index >= 15 is 0 Å². The molecule has 1 aliphatic heterocycles. The van der Waals surface area contributed by atoms with Gasteiger partial charge in [-0.2, -0.15) is 0 Å². The van der Waals surface area contributed by atoms with Gasteiger partial charge in [0.05, 0.1) is 6.10 Å². The van der Waals surface area contributed by atoms with E-state index in [1.165, 1.54) is 17.7 Å². The lowest BCUT2D eigenvalue weighted by Gasteiger charge is -2.34. The van der Waals surface area contributed by atoms with Gasteiger partial charge in [-0.15, -0.1) is 0 Å². The molecule has 3 heteroatoms. The summed E-state index contributed by atoms with van der Waals surface area (Å²) >= 11 is 0. The molecule has 0 spiro atoms. The molecule has 20 heavy (non-hydrogen) atoms. The summed E-state index contributed by atoms with van der Waals surface area (Å²) in [4.78, 5) is 2.21. The summed E-state index contributed by atoms with van der Waals surface area (Å²) in [6.07, 6.45) is 2.62. The molecule has 0 fully saturated rings. The minimum atomic E-state index is -0.659. The van der Waals surface area contributed by atoms with E-state index < -0.39 is 6.10 Å². The summed E-state index contributed by atoms with van der Waals surface area (Å²) in [5.74, 6) is -0.299. The molecule has 1 N–H and O–H groups in total. The van der Waals surface area contributed by atoms with Crippen LogP contribution in [0.15, 0.2) is 29.8 Å². The van der Waals surface area contributed by atoms with E-state index in [-0.39, 0.29) is 11.2 Å². The Kier molecular flexibility index (Phi) is 4.19. The lowest BCUT2D eigenvalue weighted by molar-refractivity contribution is 0.199. The largest absolute Gasteiger partial charge is 0.389 e. The van der Waals surface area contributed by atoms with Crippen molar-refractivity contribution in [3.05, 3.63) is 41.2 Å². The van der Waals surface area contributed by atoms with E-state index in [1.54, 1.807) is 13.0 Å². The van der Waals surface area contributed by atoms with Crippen LogP contribution in [0.4, 0.5) is 10.1 Å². The molecule has 1 aromatic carbocycles. The van der Waals surface area contributed by atoms with Crippen molar-refractivity contribution in [1.29, 1.82) is 0 Å². The van der Waals surface area contributed by atoms with Crippen LogP contribution in [-0.4, -0.2) is 18.2 Å². The highest BCUT2D eigenvalue weighted by atomic mass is 19.1. The van der Waals surface area contributed by atoms with Gasteiger partial charge in [0.2, 0.25) is 0 Å². The highest BCUT2D eigenvalue weighted by Gasteiger charge is 2.23. The maximum absolute atomic E-state index is 13.4. The summed E-state index contributed by atoms with van der Waals surface area (Å²) in [6.45, 7) is 10.1. The molecule has 2 rings (SSSR count). The van der Waals surface area contributed by atoms with Gasteiger partial charge in [0.1, 0.15) is 5.82 Å². The lowest BCUT2D eigenvalue weighted by atomic mass is 9.83. The van der Waals surface area contributed by atoms with Crippen molar-refractivity contribution >= 4 is 5.69 Å². The van der Waals surface area contributed by atoms with Gasteiger partial charge in [-0.05, 0) is 37.0 Å². The highest BCUT2D eigenvalue weighted by Crippen LogP contribution is 2.34. The standard InChI is InChI=1S/C17H24FNO/c1-12(20)15-11-14(18)5-6-16(15)19-9-7-13(8-10-19)17(2,3)4/h5-7,11-12,20H,8-10H2,1-4H3/t12-/m0/s1. The normalized spacial score (nSPS) is 17.9. The molecule has 0 aromatic heterocycles. The monoisotopic (exact) mass is 277 g/mol. The second kappa shape index (κ2) is 5.57. The van der Waals surface area contributed by atoms with Gasteiger partial charge in [-0.25, -0.2) is 4.39 Å². The number of hydrogen-bond acceptors (Lipinski definition) is 2. The van der Waals surface area contributed by atoms with Crippen LogP contribution in [0.2, 0.25) is 0 Å². The van der Waals surface area contributed by atoms with Crippen molar-refractivity contribution < 1.29 is 9.50 Å². The molecule has 0 amide bonds. The predicted molar refractivity (Wildman–Crippen MR) is 81.4 cm³/mol. The molecule has 1 aromatic rings. The van der Waals surface area contributed by atoms with Gasteiger partial charge in [0, 0.05) is 24.3 Å². The summed E-state index contributed by atoms with van der Waals surface area (Å²) in [5, 5.41) is 9.83. The van der Waals surface area contributed by atoms with E-state index in [0.29, 0.717) is 5.56 Å². The SMILES string of the molecule is C[C@H](O)c1cc(F)ccc1N1CC=C(C(C)(C)C)CC1. The minimum absolute atomic E-state index is 0.210. The zero-order chi connectivity index (χ0) is 14.9. The Labute approximate surface area is 120 Å². The molecular formula is C17H24FNO. The first-order chi connectivity index (χ1) is 9.29. The Balaban J connectivity index is 2.25. The van der Waals surface area contributed by atoms with Crippen molar-refractivity contribution in [2.24, 2.45) is 5.41 Å². The molecule has 1 aliphatic rings. The third-order valence-corrected chi connectivity index (χ3v) is 3.95. The van der Waals surface area contributed by atoms with Crippen molar-refractivity contribution in [1.82, 2.24) is 0 Å². The first kappa shape index (κ1) is 15.0. The second-order valence-electron chi connectivity index (χ2n) is 6.55. The molecule has 0 saturated carbocycles. The molecule has 0 aliphatic carbocycles. The van der Waals surface area contributed by atoms with Crippen LogP contribution < -0.4 is 4.90 Å². The fraction of sp³-hybridized carbons (Fsp3) is 0.529. The van der Waals surface area contributed by atoms with E-state index in [4.69, 9.17) is 0 Å². The number of benzene rings is 1. The third-order valence-electron chi connectivity index (χ3n) is 3.95. The molecule has 0 unspecified atom stereocenters. The predicted octanol–water partition coefficient (Wildman–Crippen LogP) is 4.06. The fourth-order valence-electron chi connectivity index (χ4n) is 2.72. The van der Waals surface area contributed by atoms with Crippen molar-refractivity contribution in [3.8, 4) is 0 Å². The Bertz CT molecular complexity index is 514. The average Bonchev–Trinajstić information content (AvgIpc) is 2.37. The van der Waals surface area contributed by atoms with Crippen LogP contribution in [0.3, 0.4) is 0 Å². The van der Waals surface area contributed by atoms with Crippen LogP contribution in [0.1, 0.15) is 45.8 Å². The first-order valence-electron chi connectivity index (χ1n) is 7.21. The van der Waals surface area contributed by atoms with E-state index in [9.17, 15) is 9.50 Å². The van der Waals surface area contributed by atoms with Crippen molar-refractivity contribution in [3.63, 3.8) is 0 Å². The number of rotatable bonds is 2. The Morgan fingerprint density at radius 2 is 2.00 bits per heavy atom. The van der Waals surface area contributed by atoms with Gasteiger partial charge >= 0.3 is 0 Å². The summed E-state index contributed by atoms with van der Waals surface area (Å²) in [7, 11) is 0. The molecule has 0 radical (unpaired) electrons. The van der Waals surface area contributed by atoms with Crippen molar-refractivity contribution in [2.75, 3.05) is 18.0 Å². The van der Waals surface area contributed by atoms with E-state index in [2.05, 4.69) is 31.7 Å². The average molecular weight is 277 g/mol. The first-order valence-corrected chi connectivity index (χ1v) is 7.21. The maximum atomic E-state index is 13.4. The van der Waals surface area contributed by atoms with Gasteiger partial charge in [-0.1, -0.05) is 32.4 Å². The van der Waals surface area contributed by atoms with Crippen LogP contribution in [0.5, 0.6) is 0 Å². The Hall–Kier alpha value is -1.35. The number of hydrogen-bond donors (Lipinski definition) is 1. The van der Waals surface area contributed by atoms with Crippen LogP contribution in [-0.2, 0) is 0 Å². The quantitative estimate of drug-likeness (QED) is 0.824. The third kappa shape index (κ3) is 3.21. The highest BCUT2D eigenvalue weighted by molar-refractivity contribution is 5.56. The molecule has 2 nitrogen and oxygen atoms in total. The molecule has 0 saturated heterocycles. The van der Waals surface area contributed by atoms with Crippen LogP contribution in [0, 0.1) is 11.2 Å². The Morgan fingerprint density at radius 1 is 1.30 bits per heavy atom. The molecular weight excluding hydrogens is 253 g/mol. The lowest BCUT2D eigenvalue weighted by Crippen LogP contribution is -2.32. The van der Waals surface area contributed by atoms with Crippen LogP contribution in [0.25, 0.3) is 0 Å². The van der Waals surface area contributed by atoms with E-state index in [1.807, 2.05) is 0 Å². The molecule has 1 atom stereocenters. The second-order valence-corrected chi connectivity index (χ2v) is 6.55. The topological polar surface area (TPSA) is 23.5 Å². The number of aliphatic hydroxyl groups excluding tert-OH is 1. The van der Waals surface area contributed by atoms with E-state index in [0.717, 1.165) is 25.2 Å². The Morgan fingerprint density at radius 3 is 2.50 bits per heavy atom. The molecule has 110 valence electrons. The minimum Gasteiger partial charge on any atom is -0.389 e. The number of aliphatic hydroxyl groups is 1. The molecule has 0 bridgehead atoms. The van der Waals surface area contributed by atoms with Crippen molar-refractivity contribution in [2.45, 2.75) is 40.2 Å². The van der Waals surface area contributed by atoms with Crippen LogP contribution >= 0.6 is 0 Å². The van der Waals surface area contributed by atoms with Gasteiger partial charge < -0.3 is 10.0 Å². The zero-order valence-electron chi connectivity index (χ0n) is 12.8. The van der Waals surface area contributed by atoms with Gasteiger partial charge in [0.25, 0.3) is 0 Å². The smallest absolute Gasteiger partial charge is 0.123 e. The summed E-state index contributed by atoms with van der Waals surface area (Å²) in [6, 6.07) is 4.67. The number of nitrogens with zero attached hydrogens (tertiary/aromatic N) is 1.